The molecule has 4 heteroatoms. The van der Waals surface area contributed by atoms with Gasteiger partial charge < -0.3 is 15.0 Å². The molecule has 0 bridgehead atoms. The fourth-order valence-corrected chi connectivity index (χ4v) is 5.36. The van der Waals surface area contributed by atoms with Crippen LogP contribution < -0.4 is 0 Å². The van der Waals surface area contributed by atoms with E-state index < -0.39 is 5.60 Å². The molecule has 2 N–H and O–H groups in total. The lowest BCUT2D eigenvalue weighted by Gasteiger charge is -2.52. The number of aromatic nitrogens is 1. The van der Waals surface area contributed by atoms with Gasteiger partial charge in [0, 0.05) is 29.4 Å². The summed E-state index contributed by atoms with van der Waals surface area (Å²) >= 11 is 0. The Kier molecular flexibility index (Phi) is 4.24. The van der Waals surface area contributed by atoms with Crippen LogP contribution in [0.2, 0.25) is 0 Å². The van der Waals surface area contributed by atoms with Crippen LogP contribution in [0.5, 0.6) is 0 Å². The van der Waals surface area contributed by atoms with Crippen LogP contribution in [-0.2, 0) is 5.60 Å². The van der Waals surface area contributed by atoms with Crippen molar-refractivity contribution in [2.24, 2.45) is 5.92 Å². The van der Waals surface area contributed by atoms with Gasteiger partial charge in [-0.3, -0.25) is 4.79 Å². The second kappa shape index (κ2) is 6.78. The van der Waals surface area contributed by atoms with Gasteiger partial charge in [-0.1, -0.05) is 61.4 Å². The van der Waals surface area contributed by atoms with Crippen LogP contribution in [0.1, 0.15) is 48.2 Å². The quantitative estimate of drug-likeness (QED) is 0.696. The Hall–Kier alpha value is -2.59. The number of carbonyl (C=O) groups excluding carboxylic acids is 1. The molecule has 5 rings (SSSR count). The van der Waals surface area contributed by atoms with E-state index in [0.717, 1.165) is 42.1 Å². The molecule has 3 atom stereocenters. The normalized spacial score (nSPS) is 27.5. The Morgan fingerprint density at radius 2 is 1.79 bits per heavy atom. The molecule has 0 spiro atoms. The maximum atomic E-state index is 13.4. The monoisotopic (exact) mass is 374 g/mol. The zero-order chi connectivity index (χ0) is 19.1. The van der Waals surface area contributed by atoms with Crippen LogP contribution in [-0.4, -0.2) is 33.5 Å². The molecule has 2 heterocycles. The average Bonchev–Trinajstić information content (AvgIpc) is 3.19. The molecule has 1 amide bonds. The summed E-state index contributed by atoms with van der Waals surface area (Å²) in [5, 5.41) is 12.7. The van der Waals surface area contributed by atoms with Crippen molar-refractivity contribution in [2.45, 2.75) is 43.7 Å². The Morgan fingerprint density at radius 1 is 1.04 bits per heavy atom. The number of fused-ring (bicyclic) bond motifs is 2. The molecule has 1 saturated heterocycles. The third kappa shape index (κ3) is 2.75. The number of benzene rings is 2. The van der Waals surface area contributed by atoms with Crippen molar-refractivity contribution in [3.8, 4) is 0 Å². The number of nitrogens with one attached hydrogen (secondary N) is 1. The standard InChI is InChI=1S/C24H26N2O2/c27-23(21-16-17-8-4-6-12-20(17)25-21)26-15-14-24(28,18-9-2-1-3-10-18)19-11-5-7-13-22(19)26/h1-4,6,8-10,12,16,19,22,25,28H,5,7,11,13-15H2/t19-,22+,24-/m0/s1. The third-order valence-corrected chi connectivity index (χ3v) is 6.77. The van der Waals surface area contributed by atoms with Crippen LogP contribution in [0.25, 0.3) is 10.9 Å². The highest BCUT2D eigenvalue weighted by Gasteiger charge is 2.50. The molecular weight excluding hydrogens is 348 g/mol. The van der Waals surface area contributed by atoms with Crippen LogP contribution in [0.3, 0.4) is 0 Å². The van der Waals surface area contributed by atoms with E-state index in [1.165, 1.54) is 0 Å². The van der Waals surface area contributed by atoms with Gasteiger partial charge in [-0.05, 0) is 37.0 Å². The summed E-state index contributed by atoms with van der Waals surface area (Å²) in [4.78, 5) is 18.7. The molecule has 1 saturated carbocycles. The first-order valence-corrected chi connectivity index (χ1v) is 10.3. The molecule has 0 radical (unpaired) electrons. The second-order valence-electron chi connectivity index (χ2n) is 8.27. The SMILES string of the molecule is O=C(c1cc2ccccc2[nH]1)N1CC[C@](O)(c2ccccc2)[C@H]2CCCC[C@H]21. The highest BCUT2D eigenvalue weighted by molar-refractivity contribution is 5.98. The summed E-state index contributed by atoms with van der Waals surface area (Å²) < 4.78 is 0. The summed E-state index contributed by atoms with van der Waals surface area (Å²) in [6.07, 6.45) is 4.75. The summed E-state index contributed by atoms with van der Waals surface area (Å²) in [6.45, 7) is 0.584. The topological polar surface area (TPSA) is 56.3 Å². The van der Waals surface area contributed by atoms with E-state index in [-0.39, 0.29) is 17.9 Å². The number of nitrogens with zero attached hydrogens (tertiary/aromatic N) is 1. The van der Waals surface area contributed by atoms with E-state index in [9.17, 15) is 9.90 Å². The highest BCUT2D eigenvalue weighted by atomic mass is 16.3. The lowest BCUT2D eigenvalue weighted by atomic mass is 9.66. The molecule has 144 valence electrons. The van der Waals surface area contributed by atoms with E-state index in [1.54, 1.807) is 0 Å². The molecule has 2 aliphatic rings. The number of carbonyl (C=O) groups is 1. The summed E-state index contributed by atoms with van der Waals surface area (Å²) in [7, 11) is 0. The number of amides is 1. The van der Waals surface area contributed by atoms with Crippen molar-refractivity contribution in [3.05, 3.63) is 71.9 Å². The van der Waals surface area contributed by atoms with Crippen molar-refractivity contribution < 1.29 is 9.90 Å². The highest BCUT2D eigenvalue weighted by Crippen LogP contribution is 2.47. The number of aromatic amines is 1. The fourth-order valence-electron chi connectivity index (χ4n) is 5.36. The minimum atomic E-state index is -0.844. The smallest absolute Gasteiger partial charge is 0.270 e. The molecule has 1 aliphatic carbocycles. The number of para-hydroxylation sites is 1. The van der Waals surface area contributed by atoms with E-state index in [0.29, 0.717) is 18.7 Å². The van der Waals surface area contributed by atoms with Crippen LogP contribution in [0, 0.1) is 5.92 Å². The number of likely N-dealkylation sites (tertiary alicyclic amines) is 1. The minimum Gasteiger partial charge on any atom is -0.385 e. The molecule has 0 unspecified atom stereocenters. The first-order chi connectivity index (χ1) is 13.7. The minimum absolute atomic E-state index is 0.0585. The average molecular weight is 374 g/mol. The predicted molar refractivity (Wildman–Crippen MR) is 110 cm³/mol. The fraction of sp³-hybridized carbons (Fsp3) is 0.375. The van der Waals surface area contributed by atoms with E-state index in [1.807, 2.05) is 65.6 Å². The molecule has 2 aromatic carbocycles. The largest absolute Gasteiger partial charge is 0.385 e. The van der Waals surface area contributed by atoms with Crippen molar-refractivity contribution in [2.75, 3.05) is 6.54 Å². The molecule has 3 aromatic rings. The number of piperidine rings is 1. The van der Waals surface area contributed by atoms with Crippen molar-refractivity contribution >= 4 is 16.8 Å². The zero-order valence-corrected chi connectivity index (χ0v) is 16.0. The van der Waals surface area contributed by atoms with Gasteiger partial charge >= 0.3 is 0 Å². The Morgan fingerprint density at radius 3 is 2.61 bits per heavy atom. The number of H-pyrrole nitrogens is 1. The van der Waals surface area contributed by atoms with Crippen molar-refractivity contribution in [1.82, 2.24) is 9.88 Å². The number of hydrogen-bond donors (Lipinski definition) is 2. The van der Waals surface area contributed by atoms with Gasteiger partial charge in [-0.2, -0.15) is 0 Å². The first-order valence-electron chi connectivity index (χ1n) is 10.3. The Balaban J connectivity index is 1.48. The molecule has 28 heavy (non-hydrogen) atoms. The number of rotatable bonds is 2. The lowest BCUT2D eigenvalue weighted by Crippen LogP contribution is -2.59. The zero-order valence-electron chi connectivity index (χ0n) is 16.0. The van der Waals surface area contributed by atoms with Gasteiger partial charge in [0.1, 0.15) is 5.69 Å². The van der Waals surface area contributed by atoms with Gasteiger partial charge in [0.15, 0.2) is 0 Å². The van der Waals surface area contributed by atoms with Gasteiger partial charge in [0.2, 0.25) is 0 Å². The van der Waals surface area contributed by atoms with E-state index >= 15 is 0 Å². The first kappa shape index (κ1) is 17.5. The van der Waals surface area contributed by atoms with Gasteiger partial charge in [0.25, 0.3) is 5.91 Å². The van der Waals surface area contributed by atoms with Gasteiger partial charge in [-0.15, -0.1) is 0 Å². The molecule has 1 aromatic heterocycles. The molecule has 4 nitrogen and oxygen atoms in total. The van der Waals surface area contributed by atoms with Crippen LogP contribution >= 0.6 is 0 Å². The molecule has 1 aliphatic heterocycles. The van der Waals surface area contributed by atoms with Crippen LogP contribution in [0.15, 0.2) is 60.7 Å². The van der Waals surface area contributed by atoms with Gasteiger partial charge in [-0.25, -0.2) is 0 Å². The third-order valence-electron chi connectivity index (χ3n) is 6.77. The Bertz CT molecular complexity index is 963. The van der Waals surface area contributed by atoms with Crippen LogP contribution in [0.4, 0.5) is 0 Å². The second-order valence-corrected chi connectivity index (χ2v) is 8.27. The molecular formula is C24H26N2O2. The summed E-state index contributed by atoms with van der Waals surface area (Å²) in [5.74, 6) is 0.147. The van der Waals surface area contributed by atoms with Crippen molar-refractivity contribution in [1.29, 1.82) is 0 Å². The maximum Gasteiger partial charge on any atom is 0.270 e. The summed E-state index contributed by atoms with van der Waals surface area (Å²) in [6, 6.07) is 20.1. The molecule has 2 fully saturated rings. The number of aliphatic hydroxyl groups is 1. The Labute approximate surface area is 165 Å². The van der Waals surface area contributed by atoms with Crippen molar-refractivity contribution in [3.63, 3.8) is 0 Å². The van der Waals surface area contributed by atoms with Gasteiger partial charge in [0.05, 0.1) is 5.60 Å². The van der Waals surface area contributed by atoms with E-state index in [2.05, 4.69) is 4.98 Å². The number of hydrogen-bond acceptors (Lipinski definition) is 2. The lowest BCUT2D eigenvalue weighted by molar-refractivity contribution is -0.110. The predicted octanol–water partition coefficient (Wildman–Crippen LogP) is 4.46. The van der Waals surface area contributed by atoms with E-state index in [4.69, 9.17) is 0 Å². The maximum absolute atomic E-state index is 13.4. The summed E-state index contributed by atoms with van der Waals surface area (Å²) in [5.41, 5.74) is 1.79.